The molecule has 1 aliphatic rings. The Morgan fingerprint density at radius 3 is 2.44 bits per heavy atom. The summed E-state index contributed by atoms with van der Waals surface area (Å²) in [6, 6.07) is 15.2. The van der Waals surface area contributed by atoms with Gasteiger partial charge in [-0.15, -0.1) is 12.4 Å². The lowest BCUT2D eigenvalue weighted by Crippen LogP contribution is -2.46. The Morgan fingerprint density at radius 2 is 1.74 bits per heavy atom. The summed E-state index contributed by atoms with van der Waals surface area (Å²) in [5, 5.41) is 11.8. The van der Waals surface area contributed by atoms with Crippen LogP contribution in [0, 0.1) is 10.1 Å². The summed E-state index contributed by atoms with van der Waals surface area (Å²) >= 11 is 0. The average Bonchev–Trinajstić information content (AvgIpc) is 2.68. The highest BCUT2D eigenvalue weighted by Gasteiger charge is 2.21. The van der Waals surface area contributed by atoms with Crippen molar-refractivity contribution in [2.24, 2.45) is 0 Å². The van der Waals surface area contributed by atoms with Gasteiger partial charge >= 0.3 is 0 Å². The van der Waals surface area contributed by atoms with Gasteiger partial charge in [0.15, 0.2) is 0 Å². The minimum absolute atomic E-state index is 0. The molecule has 0 aliphatic carbocycles. The zero-order valence-corrected chi connectivity index (χ0v) is 15.5. The molecule has 0 radical (unpaired) electrons. The smallest absolute Gasteiger partial charge is 0.270 e. The van der Waals surface area contributed by atoms with Gasteiger partial charge in [-0.2, -0.15) is 0 Å². The van der Waals surface area contributed by atoms with Crippen molar-refractivity contribution in [3.63, 3.8) is 0 Å². The van der Waals surface area contributed by atoms with E-state index < -0.39 is 0 Å². The summed E-state index contributed by atoms with van der Waals surface area (Å²) < 4.78 is 0. The number of hydrogen-bond acceptors (Lipinski definition) is 6. The number of piperazine rings is 1. The van der Waals surface area contributed by atoms with Crippen molar-refractivity contribution in [2.75, 3.05) is 31.1 Å². The second-order valence-corrected chi connectivity index (χ2v) is 6.40. The van der Waals surface area contributed by atoms with Crippen molar-refractivity contribution in [1.29, 1.82) is 0 Å². The lowest BCUT2D eigenvalue weighted by atomic mass is 10.1. The topological polar surface area (TPSA) is 75.4 Å². The van der Waals surface area contributed by atoms with Gasteiger partial charge in [0.2, 0.25) is 0 Å². The second kappa shape index (κ2) is 8.28. The Labute approximate surface area is 163 Å². The number of hydrogen-bond donors (Lipinski definition) is 0. The third-order valence-electron chi connectivity index (χ3n) is 4.73. The maximum Gasteiger partial charge on any atom is 0.270 e. The number of anilines is 1. The van der Waals surface area contributed by atoms with E-state index in [4.69, 9.17) is 0 Å². The van der Waals surface area contributed by atoms with Crippen LogP contribution in [0.1, 0.15) is 5.56 Å². The Balaban J connectivity index is 0.00000210. The number of nitro groups is 1. The van der Waals surface area contributed by atoms with Crippen molar-refractivity contribution < 1.29 is 4.92 Å². The highest BCUT2D eigenvalue weighted by atomic mass is 35.5. The molecule has 1 fully saturated rings. The molecule has 1 aliphatic heterocycles. The number of nitrogens with zero attached hydrogens (tertiary/aromatic N) is 5. The van der Waals surface area contributed by atoms with E-state index in [-0.39, 0.29) is 23.0 Å². The van der Waals surface area contributed by atoms with Crippen LogP contribution < -0.4 is 4.90 Å². The van der Waals surface area contributed by atoms with E-state index in [1.54, 1.807) is 12.1 Å². The summed E-state index contributed by atoms with van der Waals surface area (Å²) in [6.45, 7) is 4.46. The molecule has 4 rings (SSSR count). The monoisotopic (exact) mass is 385 g/mol. The third-order valence-corrected chi connectivity index (χ3v) is 4.73. The van der Waals surface area contributed by atoms with Gasteiger partial charge in [-0.1, -0.05) is 30.3 Å². The standard InChI is InChI=1S/C19H19N5O2.ClH/c25-24(26)16-6-7-18-17(12-16)19(21-14-20-18)23-10-8-22(9-11-23)13-15-4-2-1-3-5-15;/h1-7,12,14H,8-11,13H2;1H. The fourth-order valence-electron chi connectivity index (χ4n) is 3.36. The molecule has 140 valence electrons. The van der Waals surface area contributed by atoms with Crippen LogP contribution in [-0.4, -0.2) is 46.0 Å². The maximum absolute atomic E-state index is 11.1. The van der Waals surface area contributed by atoms with Gasteiger partial charge in [0.1, 0.15) is 12.1 Å². The number of nitro benzene ring substituents is 1. The first-order valence-corrected chi connectivity index (χ1v) is 8.61. The van der Waals surface area contributed by atoms with Gasteiger partial charge in [0, 0.05) is 50.2 Å². The molecule has 0 atom stereocenters. The van der Waals surface area contributed by atoms with E-state index in [1.165, 1.54) is 18.0 Å². The highest BCUT2D eigenvalue weighted by molar-refractivity contribution is 5.91. The number of aromatic nitrogens is 2. The molecule has 0 N–H and O–H groups in total. The molecule has 0 bridgehead atoms. The quantitative estimate of drug-likeness (QED) is 0.506. The zero-order chi connectivity index (χ0) is 17.9. The van der Waals surface area contributed by atoms with Gasteiger partial charge in [-0.05, 0) is 11.6 Å². The van der Waals surface area contributed by atoms with Crippen LogP contribution in [0.3, 0.4) is 0 Å². The Kier molecular flexibility index (Phi) is 5.83. The molecule has 7 nitrogen and oxygen atoms in total. The van der Waals surface area contributed by atoms with Crippen LogP contribution >= 0.6 is 12.4 Å². The first kappa shape index (κ1) is 19.0. The maximum atomic E-state index is 11.1. The van der Waals surface area contributed by atoms with Crippen LogP contribution in [0.15, 0.2) is 54.9 Å². The molecular weight excluding hydrogens is 366 g/mol. The molecule has 2 heterocycles. The summed E-state index contributed by atoms with van der Waals surface area (Å²) in [4.78, 5) is 24.0. The minimum Gasteiger partial charge on any atom is -0.353 e. The predicted molar refractivity (Wildman–Crippen MR) is 107 cm³/mol. The van der Waals surface area contributed by atoms with Gasteiger partial charge in [0.25, 0.3) is 5.69 Å². The van der Waals surface area contributed by atoms with E-state index in [2.05, 4.69) is 44.0 Å². The van der Waals surface area contributed by atoms with Crippen molar-refractivity contribution in [2.45, 2.75) is 6.54 Å². The molecule has 27 heavy (non-hydrogen) atoms. The van der Waals surface area contributed by atoms with Crippen molar-refractivity contribution in [1.82, 2.24) is 14.9 Å². The first-order chi connectivity index (χ1) is 12.7. The van der Waals surface area contributed by atoms with Gasteiger partial charge in [-0.25, -0.2) is 9.97 Å². The van der Waals surface area contributed by atoms with Gasteiger partial charge in [0.05, 0.1) is 10.4 Å². The van der Waals surface area contributed by atoms with Crippen LogP contribution in [-0.2, 0) is 6.54 Å². The first-order valence-electron chi connectivity index (χ1n) is 8.61. The second-order valence-electron chi connectivity index (χ2n) is 6.40. The number of benzene rings is 2. The fraction of sp³-hybridized carbons (Fsp3) is 0.263. The molecular formula is C19H20ClN5O2. The summed E-state index contributed by atoms with van der Waals surface area (Å²) in [7, 11) is 0. The number of rotatable bonds is 4. The largest absolute Gasteiger partial charge is 0.353 e. The van der Waals surface area contributed by atoms with Crippen LogP contribution in [0.25, 0.3) is 10.9 Å². The molecule has 3 aromatic rings. The summed E-state index contributed by atoms with van der Waals surface area (Å²) in [5.74, 6) is 0.776. The summed E-state index contributed by atoms with van der Waals surface area (Å²) in [6.07, 6.45) is 1.53. The van der Waals surface area contributed by atoms with Gasteiger partial charge < -0.3 is 4.90 Å². The lowest BCUT2D eigenvalue weighted by molar-refractivity contribution is -0.384. The number of non-ortho nitro benzene ring substituents is 1. The molecule has 1 aromatic heterocycles. The van der Waals surface area contributed by atoms with Crippen molar-refractivity contribution in [3.8, 4) is 0 Å². The molecule has 0 saturated carbocycles. The molecule has 1 saturated heterocycles. The van der Waals surface area contributed by atoms with E-state index in [1.807, 2.05) is 6.07 Å². The van der Waals surface area contributed by atoms with E-state index in [0.29, 0.717) is 0 Å². The van der Waals surface area contributed by atoms with Gasteiger partial charge in [-0.3, -0.25) is 15.0 Å². The van der Waals surface area contributed by atoms with E-state index >= 15 is 0 Å². The van der Waals surface area contributed by atoms with Crippen LogP contribution in [0.2, 0.25) is 0 Å². The molecule has 8 heteroatoms. The summed E-state index contributed by atoms with van der Waals surface area (Å²) in [5.41, 5.74) is 2.10. The van der Waals surface area contributed by atoms with E-state index in [0.717, 1.165) is 49.4 Å². The number of fused-ring (bicyclic) bond motifs is 1. The van der Waals surface area contributed by atoms with Crippen LogP contribution in [0.5, 0.6) is 0 Å². The van der Waals surface area contributed by atoms with E-state index in [9.17, 15) is 10.1 Å². The van der Waals surface area contributed by atoms with Crippen molar-refractivity contribution >= 4 is 34.8 Å². The highest BCUT2D eigenvalue weighted by Crippen LogP contribution is 2.27. The molecule has 0 spiro atoms. The third kappa shape index (κ3) is 4.15. The predicted octanol–water partition coefficient (Wildman–Crippen LogP) is 3.28. The Bertz CT molecular complexity index is 930. The Morgan fingerprint density at radius 1 is 1.00 bits per heavy atom. The fourth-order valence-corrected chi connectivity index (χ4v) is 3.36. The SMILES string of the molecule is Cl.O=[N+]([O-])c1ccc2ncnc(N3CCN(Cc4ccccc4)CC3)c2c1. The van der Waals surface area contributed by atoms with Crippen LogP contribution in [0.4, 0.5) is 11.5 Å². The van der Waals surface area contributed by atoms with Crippen molar-refractivity contribution in [3.05, 3.63) is 70.5 Å². The zero-order valence-electron chi connectivity index (χ0n) is 14.7. The lowest BCUT2D eigenvalue weighted by Gasteiger charge is -2.35. The normalized spacial score (nSPS) is 14.7. The molecule has 2 aromatic carbocycles. The average molecular weight is 386 g/mol. The minimum atomic E-state index is -0.381. The Hall–Kier alpha value is -2.77. The number of halogens is 1. The molecule has 0 unspecified atom stereocenters. The molecule has 0 amide bonds.